The van der Waals surface area contributed by atoms with E-state index < -0.39 is 0 Å². The van der Waals surface area contributed by atoms with Crippen molar-refractivity contribution < 1.29 is 28.2 Å². The molecule has 3 aromatic rings. The predicted molar refractivity (Wildman–Crippen MR) is 125 cm³/mol. The molecule has 2 heterocycles. The fraction of sp³-hybridized carbons (Fsp3) is 0.308. The molecule has 1 aromatic heterocycles. The Bertz CT molecular complexity index is 1080. The predicted octanol–water partition coefficient (Wildman–Crippen LogP) is 3.46. The molecule has 1 fully saturated rings. The van der Waals surface area contributed by atoms with Crippen molar-refractivity contribution >= 4 is 11.8 Å². The molecule has 0 saturated carbocycles. The fourth-order valence-electron chi connectivity index (χ4n) is 3.53. The summed E-state index contributed by atoms with van der Waals surface area (Å²) >= 11 is 0. The molecule has 0 spiro atoms. The summed E-state index contributed by atoms with van der Waals surface area (Å²) in [6, 6.07) is 20.0. The van der Waals surface area contributed by atoms with E-state index in [0.717, 1.165) is 30.8 Å². The maximum absolute atomic E-state index is 12.5. The van der Waals surface area contributed by atoms with Gasteiger partial charge < -0.3 is 29.3 Å². The van der Waals surface area contributed by atoms with Gasteiger partial charge in [0.2, 0.25) is 0 Å². The zero-order valence-electron chi connectivity index (χ0n) is 18.8. The topological polar surface area (TPSA) is 99.0 Å². The summed E-state index contributed by atoms with van der Waals surface area (Å²) in [5.41, 5.74) is 0.752. The molecule has 8 nitrogen and oxygen atoms in total. The first-order valence-electron chi connectivity index (χ1n) is 11.3. The number of nitrogens with one attached hydrogen (secondary N) is 2. The Labute approximate surface area is 198 Å². The number of hydrogen-bond acceptors (Lipinski definition) is 6. The van der Waals surface area contributed by atoms with Crippen LogP contribution in [-0.4, -0.2) is 37.7 Å². The van der Waals surface area contributed by atoms with Crippen LogP contribution in [0.4, 0.5) is 0 Å². The number of para-hydroxylation sites is 2. The van der Waals surface area contributed by atoms with Gasteiger partial charge >= 0.3 is 0 Å². The van der Waals surface area contributed by atoms with E-state index in [-0.39, 0.29) is 43.4 Å². The van der Waals surface area contributed by atoms with Gasteiger partial charge in [-0.1, -0.05) is 36.4 Å². The number of rotatable bonds is 11. The molecule has 34 heavy (non-hydrogen) atoms. The van der Waals surface area contributed by atoms with Crippen molar-refractivity contribution in [3.8, 4) is 11.5 Å². The van der Waals surface area contributed by atoms with Gasteiger partial charge in [-0.2, -0.15) is 0 Å². The van der Waals surface area contributed by atoms with Crippen molar-refractivity contribution in [2.45, 2.75) is 32.1 Å². The summed E-state index contributed by atoms with van der Waals surface area (Å²) in [5.74, 6) is 1.43. The molecule has 1 atom stereocenters. The number of benzene rings is 2. The molecule has 178 valence electrons. The Morgan fingerprint density at radius 1 is 0.941 bits per heavy atom. The average molecular weight is 465 g/mol. The van der Waals surface area contributed by atoms with Gasteiger partial charge in [-0.15, -0.1) is 0 Å². The van der Waals surface area contributed by atoms with Gasteiger partial charge in [0.15, 0.2) is 12.4 Å². The lowest BCUT2D eigenvalue weighted by Gasteiger charge is -2.13. The largest absolute Gasteiger partial charge is 0.486 e. The number of furan rings is 1. The molecule has 1 unspecified atom stereocenters. The van der Waals surface area contributed by atoms with Crippen molar-refractivity contribution in [2.75, 3.05) is 19.8 Å². The zero-order chi connectivity index (χ0) is 23.6. The first-order valence-corrected chi connectivity index (χ1v) is 11.3. The quantitative estimate of drug-likeness (QED) is 0.451. The van der Waals surface area contributed by atoms with Gasteiger partial charge in [0.1, 0.15) is 23.9 Å². The number of carbonyl (C=O) groups is 2. The molecule has 8 heteroatoms. The van der Waals surface area contributed by atoms with Gasteiger partial charge in [0.25, 0.3) is 11.8 Å². The highest BCUT2D eigenvalue weighted by Crippen LogP contribution is 2.19. The summed E-state index contributed by atoms with van der Waals surface area (Å²) < 4.78 is 22.4. The molecular weight excluding hydrogens is 436 g/mol. The van der Waals surface area contributed by atoms with Crippen LogP contribution >= 0.6 is 0 Å². The lowest BCUT2D eigenvalue weighted by Crippen LogP contribution is -2.35. The van der Waals surface area contributed by atoms with Gasteiger partial charge in [-0.25, -0.2) is 0 Å². The van der Waals surface area contributed by atoms with Crippen molar-refractivity contribution in [1.82, 2.24) is 10.6 Å². The Balaban J connectivity index is 1.23. The summed E-state index contributed by atoms with van der Waals surface area (Å²) in [6.45, 7) is 1.57. The van der Waals surface area contributed by atoms with Crippen molar-refractivity contribution in [3.05, 3.63) is 83.8 Å². The molecule has 0 bridgehead atoms. The Morgan fingerprint density at radius 2 is 1.76 bits per heavy atom. The summed E-state index contributed by atoms with van der Waals surface area (Å²) in [6.07, 6.45) is 2.07. The van der Waals surface area contributed by atoms with E-state index in [1.165, 1.54) is 0 Å². The van der Waals surface area contributed by atoms with Gasteiger partial charge in [0, 0.05) is 25.3 Å². The molecule has 1 aliphatic rings. The molecule has 0 aliphatic carbocycles. The monoisotopic (exact) mass is 464 g/mol. The molecule has 2 amide bonds. The van der Waals surface area contributed by atoms with Gasteiger partial charge in [-0.05, 0) is 43.2 Å². The van der Waals surface area contributed by atoms with Crippen LogP contribution in [0.15, 0.2) is 71.1 Å². The average Bonchev–Trinajstić information content (AvgIpc) is 3.57. The van der Waals surface area contributed by atoms with Crippen LogP contribution in [0.1, 0.15) is 34.7 Å². The fourth-order valence-corrected chi connectivity index (χ4v) is 3.53. The van der Waals surface area contributed by atoms with Crippen molar-refractivity contribution in [2.24, 2.45) is 0 Å². The summed E-state index contributed by atoms with van der Waals surface area (Å²) in [5, 5.41) is 5.65. The van der Waals surface area contributed by atoms with E-state index in [4.69, 9.17) is 18.6 Å². The zero-order valence-corrected chi connectivity index (χ0v) is 18.8. The third kappa shape index (κ3) is 6.86. The van der Waals surface area contributed by atoms with E-state index in [1.54, 1.807) is 18.2 Å². The molecule has 0 radical (unpaired) electrons. The summed E-state index contributed by atoms with van der Waals surface area (Å²) in [7, 11) is 0. The minimum absolute atomic E-state index is 0.0819. The van der Waals surface area contributed by atoms with Crippen LogP contribution in [0.2, 0.25) is 0 Å². The number of hydrogen-bond donors (Lipinski definition) is 2. The number of amides is 2. The highest BCUT2D eigenvalue weighted by Gasteiger charge is 2.17. The number of carbonyl (C=O) groups excluding carboxylic acids is 2. The Hall–Kier alpha value is -3.78. The minimum Gasteiger partial charge on any atom is -0.486 e. The lowest BCUT2D eigenvalue weighted by molar-refractivity contribution is -0.123. The molecule has 2 aromatic carbocycles. The summed E-state index contributed by atoms with van der Waals surface area (Å²) in [4.78, 5) is 24.6. The van der Waals surface area contributed by atoms with Crippen LogP contribution in [0.25, 0.3) is 0 Å². The SMILES string of the molecule is O=C(COc1ccccc1CNC(=O)c1ccc(COc2ccccc2)o1)NCC1CCCO1. The highest BCUT2D eigenvalue weighted by atomic mass is 16.5. The molecule has 4 rings (SSSR count). The third-order valence-corrected chi connectivity index (χ3v) is 5.33. The first-order chi connectivity index (χ1) is 16.7. The Kier molecular flexibility index (Phi) is 8.18. The standard InChI is InChI=1S/C26H28N2O6/c29-25(27-16-21-10-6-14-31-21)18-33-23-11-5-4-7-19(23)15-28-26(30)24-13-12-22(34-24)17-32-20-8-2-1-3-9-20/h1-5,7-9,11-13,21H,6,10,14-18H2,(H,27,29)(H,28,30). The molecular formula is C26H28N2O6. The Morgan fingerprint density at radius 3 is 2.59 bits per heavy atom. The maximum Gasteiger partial charge on any atom is 0.287 e. The first kappa shape index (κ1) is 23.4. The van der Waals surface area contributed by atoms with Crippen LogP contribution < -0.4 is 20.1 Å². The van der Waals surface area contributed by atoms with E-state index in [0.29, 0.717) is 18.1 Å². The highest BCUT2D eigenvalue weighted by molar-refractivity contribution is 5.91. The van der Waals surface area contributed by atoms with Gasteiger partial charge in [-0.3, -0.25) is 9.59 Å². The third-order valence-electron chi connectivity index (χ3n) is 5.33. The van der Waals surface area contributed by atoms with E-state index >= 15 is 0 Å². The second kappa shape index (κ2) is 11.9. The molecule has 1 aliphatic heterocycles. The number of ether oxygens (including phenoxy) is 3. The normalized spacial score (nSPS) is 15.0. The van der Waals surface area contributed by atoms with Crippen molar-refractivity contribution in [1.29, 1.82) is 0 Å². The lowest BCUT2D eigenvalue weighted by atomic mass is 10.2. The van der Waals surface area contributed by atoms with Crippen molar-refractivity contribution in [3.63, 3.8) is 0 Å². The molecule has 2 N–H and O–H groups in total. The second-order valence-corrected chi connectivity index (χ2v) is 7.89. The van der Waals surface area contributed by atoms with E-state index in [1.807, 2.05) is 48.5 Å². The van der Waals surface area contributed by atoms with Crippen LogP contribution in [0.3, 0.4) is 0 Å². The van der Waals surface area contributed by atoms with Crippen LogP contribution in [0, 0.1) is 0 Å². The maximum atomic E-state index is 12.5. The molecule has 1 saturated heterocycles. The van der Waals surface area contributed by atoms with E-state index in [2.05, 4.69) is 10.6 Å². The smallest absolute Gasteiger partial charge is 0.287 e. The second-order valence-electron chi connectivity index (χ2n) is 7.89. The van der Waals surface area contributed by atoms with Crippen LogP contribution in [0.5, 0.6) is 11.5 Å². The van der Waals surface area contributed by atoms with E-state index in [9.17, 15) is 9.59 Å². The van der Waals surface area contributed by atoms with Gasteiger partial charge in [0.05, 0.1) is 6.10 Å². The minimum atomic E-state index is -0.352. The van der Waals surface area contributed by atoms with Crippen LogP contribution in [-0.2, 0) is 22.7 Å².